The Morgan fingerprint density at radius 2 is 2.26 bits per heavy atom. The Hall–Kier alpha value is -1.50. The highest BCUT2D eigenvalue weighted by molar-refractivity contribution is 6.30. The van der Waals surface area contributed by atoms with Crippen LogP contribution in [0, 0.1) is 0 Å². The molecule has 2 aromatic heterocycles. The Morgan fingerprint density at radius 3 is 3.00 bits per heavy atom. The summed E-state index contributed by atoms with van der Waals surface area (Å²) in [6, 6.07) is 3.46. The van der Waals surface area contributed by atoms with Crippen LogP contribution >= 0.6 is 11.6 Å². The molecule has 0 aliphatic carbocycles. The summed E-state index contributed by atoms with van der Waals surface area (Å²) in [5, 5.41) is 4.49. The molecule has 2 unspecified atom stereocenters. The van der Waals surface area contributed by atoms with Gasteiger partial charge >= 0.3 is 0 Å². The van der Waals surface area contributed by atoms with E-state index in [1.807, 2.05) is 0 Å². The van der Waals surface area contributed by atoms with Crippen molar-refractivity contribution in [2.45, 2.75) is 18.4 Å². The molecule has 3 rings (SSSR count). The summed E-state index contributed by atoms with van der Waals surface area (Å²) in [5.74, 6) is 0.880. The van der Waals surface area contributed by atoms with E-state index >= 15 is 0 Å². The first-order chi connectivity index (χ1) is 9.24. The monoisotopic (exact) mass is 280 g/mol. The molecule has 1 fully saturated rings. The number of aromatic nitrogens is 3. The second-order valence-electron chi connectivity index (χ2n) is 4.45. The highest BCUT2D eigenvalue weighted by atomic mass is 35.5. The van der Waals surface area contributed by atoms with Gasteiger partial charge in [0.15, 0.2) is 0 Å². The highest BCUT2D eigenvalue weighted by Gasteiger charge is 2.29. The summed E-state index contributed by atoms with van der Waals surface area (Å²) in [4.78, 5) is 8.49. The zero-order valence-electron chi connectivity index (χ0n) is 10.1. The van der Waals surface area contributed by atoms with E-state index in [1.165, 1.54) is 0 Å². The summed E-state index contributed by atoms with van der Waals surface area (Å²) in [6.45, 7) is 1.19. The highest BCUT2D eigenvalue weighted by Crippen LogP contribution is 2.25. The molecular weight excluding hydrogens is 268 g/mol. The molecule has 1 aliphatic rings. The first kappa shape index (κ1) is 12.5. The minimum absolute atomic E-state index is 0.0137. The number of hydrogen-bond donors (Lipinski definition) is 1. The lowest BCUT2D eigenvalue weighted by atomic mass is 9.97. The van der Waals surface area contributed by atoms with Crippen molar-refractivity contribution in [2.24, 2.45) is 5.73 Å². The summed E-state index contributed by atoms with van der Waals surface area (Å²) < 4.78 is 10.7. The van der Waals surface area contributed by atoms with Crippen LogP contribution < -0.4 is 5.73 Å². The van der Waals surface area contributed by atoms with Crippen molar-refractivity contribution in [1.82, 2.24) is 15.1 Å². The first-order valence-electron chi connectivity index (χ1n) is 6.03. The molecule has 6 nitrogen and oxygen atoms in total. The second kappa shape index (κ2) is 5.24. The maximum atomic E-state index is 6.04. The van der Waals surface area contributed by atoms with Gasteiger partial charge in [0, 0.05) is 18.8 Å². The Labute approximate surface area is 114 Å². The number of rotatable bonds is 2. The lowest BCUT2D eigenvalue weighted by Gasteiger charge is -2.25. The number of pyridine rings is 1. The molecule has 0 radical (unpaired) electrons. The smallest absolute Gasteiger partial charge is 0.234 e. The lowest BCUT2D eigenvalue weighted by molar-refractivity contribution is 0.0590. The van der Waals surface area contributed by atoms with Crippen molar-refractivity contribution in [1.29, 1.82) is 0 Å². The van der Waals surface area contributed by atoms with Gasteiger partial charge in [-0.3, -0.25) is 4.98 Å². The molecule has 100 valence electrons. The van der Waals surface area contributed by atoms with Crippen molar-refractivity contribution in [3.05, 3.63) is 29.2 Å². The third kappa shape index (κ3) is 2.60. The summed E-state index contributed by atoms with van der Waals surface area (Å²) in [7, 11) is 0. The van der Waals surface area contributed by atoms with Gasteiger partial charge in [-0.25, -0.2) is 0 Å². The van der Waals surface area contributed by atoms with Crippen molar-refractivity contribution in [2.75, 3.05) is 13.2 Å². The van der Waals surface area contributed by atoms with Crippen LogP contribution in [-0.2, 0) is 4.74 Å². The van der Waals surface area contributed by atoms with Crippen LogP contribution in [0.4, 0.5) is 0 Å². The average Bonchev–Trinajstić information content (AvgIpc) is 2.89. The Balaban J connectivity index is 1.84. The molecule has 2 N–H and O–H groups in total. The molecule has 0 amide bonds. The molecule has 2 aromatic rings. The number of hydrogen-bond acceptors (Lipinski definition) is 6. The molecule has 1 aliphatic heterocycles. The van der Waals surface area contributed by atoms with Crippen LogP contribution in [0.2, 0.25) is 5.02 Å². The van der Waals surface area contributed by atoms with Crippen molar-refractivity contribution in [3.8, 4) is 11.5 Å². The van der Waals surface area contributed by atoms with Crippen LogP contribution in [0.25, 0.3) is 11.5 Å². The minimum Gasteiger partial charge on any atom is -0.381 e. The van der Waals surface area contributed by atoms with E-state index < -0.39 is 0 Å². The molecular formula is C12H13ClN4O2. The minimum atomic E-state index is -0.0534. The molecule has 0 bridgehead atoms. The largest absolute Gasteiger partial charge is 0.381 e. The number of ether oxygens (including phenoxy) is 1. The zero-order chi connectivity index (χ0) is 13.2. The zero-order valence-corrected chi connectivity index (χ0v) is 10.9. The van der Waals surface area contributed by atoms with E-state index in [4.69, 9.17) is 26.6 Å². The number of nitrogens with two attached hydrogens (primary N) is 1. The molecule has 19 heavy (non-hydrogen) atoms. The SMILES string of the molecule is NC1CCOCC1c1nc(-c2ccc(Cl)cn2)no1. The predicted octanol–water partition coefficient (Wildman–Crippen LogP) is 1.62. The molecule has 7 heteroatoms. The molecule has 1 saturated heterocycles. The Bertz CT molecular complexity index is 557. The Morgan fingerprint density at radius 1 is 1.37 bits per heavy atom. The van der Waals surface area contributed by atoms with Crippen LogP contribution in [0.1, 0.15) is 18.2 Å². The van der Waals surface area contributed by atoms with Gasteiger partial charge in [-0.1, -0.05) is 16.8 Å². The predicted molar refractivity (Wildman–Crippen MR) is 68.7 cm³/mol. The number of halogens is 1. The van der Waals surface area contributed by atoms with Crippen LogP contribution in [0.3, 0.4) is 0 Å². The average molecular weight is 281 g/mol. The van der Waals surface area contributed by atoms with Gasteiger partial charge in [0.25, 0.3) is 0 Å². The lowest BCUT2D eigenvalue weighted by Crippen LogP contribution is -2.37. The van der Waals surface area contributed by atoms with Gasteiger partial charge in [0.2, 0.25) is 11.7 Å². The summed E-state index contributed by atoms with van der Waals surface area (Å²) >= 11 is 5.79. The standard InChI is InChI=1S/C12H13ClN4O2/c13-7-1-2-10(15-5-7)11-16-12(19-17-11)8-6-18-4-3-9(8)14/h1-2,5,8-9H,3-4,6,14H2. The fraction of sp³-hybridized carbons (Fsp3) is 0.417. The maximum Gasteiger partial charge on any atom is 0.234 e. The van der Waals surface area contributed by atoms with Crippen LogP contribution in [0.5, 0.6) is 0 Å². The van der Waals surface area contributed by atoms with Crippen molar-refractivity contribution >= 4 is 11.6 Å². The van der Waals surface area contributed by atoms with Gasteiger partial charge < -0.3 is 15.0 Å². The first-order valence-corrected chi connectivity index (χ1v) is 6.40. The topological polar surface area (TPSA) is 87.1 Å². The van der Waals surface area contributed by atoms with E-state index in [2.05, 4.69) is 15.1 Å². The quantitative estimate of drug-likeness (QED) is 0.899. The van der Waals surface area contributed by atoms with E-state index in [0.717, 1.165) is 6.42 Å². The van der Waals surface area contributed by atoms with E-state index in [0.29, 0.717) is 35.6 Å². The van der Waals surface area contributed by atoms with Crippen LogP contribution in [0.15, 0.2) is 22.9 Å². The van der Waals surface area contributed by atoms with E-state index in [9.17, 15) is 0 Å². The fourth-order valence-corrected chi connectivity index (χ4v) is 2.12. The number of nitrogens with zero attached hydrogens (tertiary/aromatic N) is 3. The van der Waals surface area contributed by atoms with Crippen molar-refractivity contribution < 1.29 is 9.26 Å². The maximum absolute atomic E-state index is 6.04. The van der Waals surface area contributed by atoms with E-state index in [-0.39, 0.29) is 12.0 Å². The normalized spacial score (nSPS) is 23.5. The van der Waals surface area contributed by atoms with Crippen molar-refractivity contribution in [3.63, 3.8) is 0 Å². The molecule has 0 spiro atoms. The van der Waals surface area contributed by atoms with Gasteiger partial charge in [-0.15, -0.1) is 0 Å². The summed E-state index contributed by atoms with van der Waals surface area (Å²) in [6.07, 6.45) is 2.34. The molecule has 2 atom stereocenters. The van der Waals surface area contributed by atoms with E-state index in [1.54, 1.807) is 18.3 Å². The van der Waals surface area contributed by atoms with Gasteiger partial charge in [0.05, 0.1) is 17.5 Å². The van der Waals surface area contributed by atoms with Gasteiger partial charge in [-0.2, -0.15) is 4.98 Å². The second-order valence-corrected chi connectivity index (χ2v) is 4.89. The fourth-order valence-electron chi connectivity index (χ4n) is 2.01. The Kier molecular flexibility index (Phi) is 3.46. The van der Waals surface area contributed by atoms with Gasteiger partial charge in [0.1, 0.15) is 5.69 Å². The molecule has 0 aromatic carbocycles. The third-order valence-electron chi connectivity index (χ3n) is 3.13. The molecule has 0 saturated carbocycles. The van der Waals surface area contributed by atoms with Gasteiger partial charge in [-0.05, 0) is 18.6 Å². The summed E-state index contributed by atoms with van der Waals surface area (Å²) in [5.41, 5.74) is 6.65. The molecule has 3 heterocycles. The third-order valence-corrected chi connectivity index (χ3v) is 3.35. The van der Waals surface area contributed by atoms with Crippen LogP contribution in [-0.4, -0.2) is 34.4 Å².